The molecule has 1 aliphatic heterocycles. The molecule has 0 radical (unpaired) electrons. The van der Waals surface area contributed by atoms with Crippen LogP contribution in [0.4, 0.5) is 10.5 Å². The number of carbonyl (C=O) groups excluding carboxylic acids is 1. The first-order valence-electron chi connectivity index (χ1n) is 12.6. The molecule has 4 rings (SSSR count). The van der Waals surface area contributed by atoms with Crippen LogP contribution in [0.25, 0.3) is 0 Å². The van der Waals surface area contributed by atoms with Gasteiger partial charge in [-0.1, -0.05) is 31.9 Å². The summed E-state index contributed by atoms with van der Waals surface area (Å²) in [5.41, 5.74) is 8.24. The third-order valence-electron chi connectivity index (χ3n) is 6.70. The lowest BCUT2D eigenvalue weighted by Gasteiger charge is -2.28. The average molecular weight is 496 g/mol. The summed E-state index contributed by atoms with van der Waals surface area (Å²) < 4.78 is 11.4. The molecule has 2 aromatic rings. The number of carboxylic acid groups (broad SMARTS) is 1. The highest BCUT2D eigenvalue weighted by atomic mass is 16.6. The maximum atomic E-state index is 12.3. The second-order valence-electron chi connectivity index (χ2n) is 9.48. The molecule has 1 saturated heterocycles. The summed E-state index contributed by atoms with van der Waals surface area (Å²) in [6.07, 6.45) is 7.20. The summed E-state index contributed by atoms with van der Waals surface area (Å²) in [5, 5.41) is 14.9. The van der Waals surface area contributed by atoms with Crippen molar-refractivity contribution in [1.82, 2.24) is 0 Å². The molecular weight excluding hydrogens is 458 g/mol. The number of ether oxygens (including phenoxy) is 2. The van der Waals surface area contributed by atoms with E-state index in [1.54, 1.807) is 29.2 Å². The number of nitrogens with zero attached hydrogens (tertiary/aromatic N) is 1. The number of nitrogens with one attached hydrogen (secondary N) is 1. The number of amidine groups is 1. The van der Waals surface area contributed by atoms with Crippen molar-refractivity contribution >= 4 is 23.6 Å². The number of rotatable bonds is 8. The minimum Gasteiger partial charge on any atom is -0.490 e. The van der Waals surface area contributed by atoms with E-state index in [1.807, 2.05) is 12.1 Å². The van der Waals surface area contributed by atoms with Crippen LogP contribution in [-0.2, 0) is 9.53 Å². The van der Waals surface area contributed by atoms with E-state index in [0.717, 1.165) is 24.3 Å². The Morgan fingerprint density at radius 2 is 1.72 bits per heavy atom. The quantitative estimate of drug-likeness (QED) is 0.326. The molecule has 1 heterocycles. The van der Waals surface area contributed by atoms with Crippen LogP contribution in [0.15, 0.2) is 48.5 Å². The van der Waals surface area contributed by atoms with Crippen LogP contribution in [-0.4, -0.2) is 42.3 Å². The van der Waals surface area contributed by atoms with Crippen LogP contribution in [0.1, 0.15) is 69.4 Å². The Bertz CT molecular complexity index is 1010. The number of aliphatic carboxylic acids is 1. The number of anilines is 1. The summed E-state index contributed by atoms with van der Waals surface area (Å²) in [6, 6.07) is 15.4. The predicted octanol–water partition coefficient (Wildman–Crippen LogP) is 5.54. The maximum Gasteiger partial charge on any atom is 0.414 e. The Balaban J connectivity index is 0.000000840. The fourth-order valence-electron chi connectivity index (χ4n) is 4.86. The highest BCUT2D eigenvalue weighted by Crippen LogP contribution is 2.37. The van der Waals surface area contributed by atoms with Crippen molar-refractivity contribution in [3.63, 3.8) is 0 Å². The SMILES string of the molecule is CC(=O)O.CCCC1CCC(c2ccc(OCC3CN(c4ccc(C(=N)N)cc4)C(=O)O3)cc2)CC1. The fourth-order valence-corrected chi connectivity index (χ4v) is 4.86. The van der Waals surface area contributed by atoms with Crippen molar-refractivity contribution in [3.05, 3.63) is 59.7 Å². The second kappa shape index (κ2) is 13.0. The second-order valence-corrected chi connectivity index (χ2v) is 9.48. The lowest BCUT2D eigenvalue weighted by molar-refractivity contribution is -0.134. The van der Waals surface area contributed by atoms with Crippen molar-refractivity contribution in [2.24, 2.45) is 11.7 Å². The van der Waals surface area contributed by atoms with Gasteiger partial charge in [-0.15, -0.1) is 0 Å². The van der Waals surface area contributed by atoms with Crippen molar-refractivity contribution in [1.29, 1.82) is 5.41 Å². The topological polar surface area (TPSA) is 126 Å². The van der Waals surface area contributed by atoms with E-state index in [4.69, 9.17) is 30.5 Å². The standard InChI is InChI=1S/C26H33N3O3.C2H4O2/c1-2-3-18-4-6-19(7-5-18)20-10-14-23(15-11-20)31-17-24-16-29(26(30)32-24)22-12-8-21(9-13-22)25(27)28;1-2(3)4/h8-15,18-19,24H,2-7,16-17H2,1H3,(H3,27,28);1H3,(H,3,4). The summed E-state index contributed by atoms with van der Waals surface area (Å²) in [7, 11) is 0. The molecule has 2 fully saturated rings. The molecule has 0 bridgehead atoms. The Morgan fingerprint density at radius 3 is 2.28 bits per heavy atom. The van der Waals surface area contributed by atoms with Crippen molar-refractivity contribution in [2.45, 2.75) is 64.4 Å². The van der Waals surface area contributed by atoms with Crippen LogP contribution in [0.2, 0.25) is 0 Å². The molecule has 2 aliphatic rings. The molecular formula is C28H37N3O5. The molecule has 1 unspecified atom stereocenters. The first-order chi connectivity index (χ1) is 17.3. The van der Waals surface area contributed by atoms with Gasteiger partial charge in [-0.2, -0.15) is 0 Å². The first kappa shape index (κ1) is 27.0. The Labute approximate surface area is 212 Å². The number of hydrogen-bond acceptors (Lipinski definition) is 5. The normalized spacial score (nSPS) is 21.2. The summed E-state index contributed by atoms with van der Waals surface area (Å²) >= 11 is 0. The Morgan fingerprint density at radius 1 is 1.11 bits per heavy atom. The smallest absolute Gasteiger partial charge is 0.414 e. The first-order valence-corrected chi connectivity index (χ1v) is 12.6. The largest absolute Gasteiger partial charge is 0.490 e. The lowest BCUT2D eigenvalue weighted by Crippen LogP contribution is -2.26. The Kier molecular flexibility index (Phi) is 9.73. The van der Waals surface area contributed by atoms with E-state index in [0.29, 0.717) is 24.6 Å². The zero-order valence-corrected chi connectivity index (χ0v) is 21.1. The number of nitrogen functional groups attached to an aromatic ring is 1. The molecule has 1 saturated carbocycles. The van der Waals surface area contributed by atoms with Gasteiger partial charge in [0.2, 0.25) is 0 Å². The molecule has 1 atom stereocenters. The van der Waals surface area contributed by atoms with Gasteiger partial charge < -0.3 is 20.3 Å². The number of nitrogens with two attached hydrogens (primary N) is 1. The van der Waals surface area contributed by atoms with Crippen LogP contribution >= 0.6 is 0 Å². The zero-order chi connectivity index (χ0) is 26.1. The van der Waals surface area contributed by atoms with E-state index in [1.165, 1.54) is 44.1 Å². The number of benzene rings is 2. The van der Waals surface area contributed by atoms with Crippen LogP contribution < -0.4 is 15.4 Å². The van der Waals surface area contributed by atoms with Crippen molar-refractivity contribution in [3.8, 4) is 5.75 Å². The molecule has 0 aromatic heterocycles. The van der Waals surface area contributed by atoms with Gasteiger partial charge >= 0.3 is 6.09 Å². The fraction of sp³-hybridized carbons (Fsp3) is 0.464. The number of cyclic esters (lactones) is 1. The molecule has 1 amide bonds. The number of carbonyl (C=O) groups is 2. The number of carboxylic acids is 1. The molecule has 8 nitrogen and oxygen atoms in total. The summed E-state index contributed by atoms with van der Waals surface area (Å²) in [5.74, 6) is 1.55. The van der Waals surface area contributed by atoms with Gasteiger partial charge in [0, 0.05) is 18.2 Å². The molecule has 8 heteroatoms. The number of hydrogen-bond donors (Lipinski definition) is 3. The maximum absolute atomic E-state index is 12.3. The zero-order valence-electron chi connectivity index (χ0n) is 21.1. The van der Waals surface area contributed by atoms with Gasteiger partial charge in [0.1, 0.15) is 18.2 Å². The molecule has 1 aliphatic carbocycles. The molecule has 2 aromatic carbocycles. The van der Waals surface area contributed by atoms with E-state index in [9.17, 15) is 4.79 Å². The molecule has 194 valence electrons. The minimum absolute atomic E-state index is 0.00187. The lowest BCUT2D eigenvalue weighted by atomic mass is 9.77. The van der Waals surface area contributed by atoms with Crippen LogP contribution in [0.5, 0.6) is 5.75 Å². The van der Waals surface area contributed by atoms with Gasteiger partial charge in [0.05, 0.1) is 6.54 Å². The molecule has 36 heavy (non-hydrogen) atoms. The average Bonchev–Trinajstić information content (AvgIpc) is 3.24. The van der Waals surface area contributed by atoms with E-state index < -0.39 is 5.97 Å². The predicted molar refractivity (Wildman–Crippen MR) is 140 cm³/mol. The third kappa shape index (κ3) is 7.73. The third-order valence-corrected chi connectivity index (χ3v) is 6.70. The van der Waals surface area contributed by atoms with Gasteiger partial charge in [-0.25, -0.2) is 4.79 Å². The van der Waals surface area contributed by atoms with Crippen LogP contribution in [0, 0.1) is 11.3 Å². The van der Waals surface area contributed by atoms with Gasteiger partial charge in [0.15, 0.2) is 6.10 Å². The van der Waals surface area contributed by atoms with Gasteiger partial charge in [0.25, 0.3) is 5.97 Å². The van der Waals surface area contributed by atoms with Crippen molar-refractivity contribution < 1.29 is 24.2 Å². The number of amides is 1. The van der Waals surface area contributed by atoms with Gasteiger partial charge in [-0.05, 0) is 79.5 Å². The highest BCUT2D eigenvalue weighted by Gasteiger charge is 2.33. The summed E-state index contributed by atoms with van der Waals surface area (Å²) in [6.45, 7) is 4.11. The monoisotopic (exact) mass is 495 g/mol. The minimum atomic E-state index is -0.833. The summed E-state index contributed by atoms with van der Waals surface area (Å²) in [4.78, 5) is 22.9. The van der Waals surface area contributed by atoms with E-state index >= 15 is 0 Å². The molecule has 0 spiro atoms. The van der Waals surface area contributed by atoms with Gasteiger partial charge in [-0.3, -0.25) is 15.1 Å². The molecule has 4 N–H and O–H groups in total. The van der Waals surface area contributed by atoms with Crippen molar-refractivity contribution in [2.75, 3.05) is 18.1 Å². The van der Waals surface area contributed by atoms with Crippen LogP contribution in [0.3, 0.4) is 0 Å². The van der Waals surface area contributed by atoms with E-state index in [2.05, 4.69) is 19.1 Å². The van der Waals surface area contributed by atoms with E-state index in [-0.39, 0.29) is 18.0 Å². The Hall–Kier alpha value is -3.55. The highest BCUT2D eigenvalue weighted by molar-refractivity contribution is 5.96.